The van der Waals surface area contributed by atoms with Crippen molar-refractivity contribution in [2.75, 3.05) is 20.2 Å². The molecule has 1 aliphatic heterocycles. The first-order valence-corrected chi connectivity index (χ1v) is 8.66. The van der Waals surface area contributed by atoms with E-state index in [0.29, 0.717) is 31.7 Å². The summed E-state index contributed by atoms with van der Waals surface area (Å²) in [5.74, 6) is 0.116. The molecule has 1 amide bonds. The average molecular weight is 326 g/mol. The number of ether oxygens (including phenoxy) is 1. The number of benzene rings is 1. The van der Waals surface area contributed by atoms with Crippen molar-refractivity contribution in [1.82, 2.24) is 4.31 Å². The third kappa shape index (κ3) is 3.10. The van der Waals surface area contributed by atoms with Gasteiger partial charge in [0.2, 0.25) is 15.9 Å². The second kappa shape index (κ2) is 6.26. The molecule has 1 heterocycles. The van der Waals surface area contributed by atoms with Crippen LogP contribution < -0.4 is 10.5 Å². The average Bonchev–Trinajstić information content (AvgIpc) is 2.47. The van der Waals surface area contributed by atoms with Crippen molar-refractivity contribution in [3.05, 3.63) is 23.3 Å². The van der Waals surface area contributed by atoms with E-state index in [9.17, 15) is 13.2 Å². The number of hydrogen-bond acceptors (Lipinski definition) is 4. The fraction of sp³-hybridized carbons (Fsp3) is 0.533. The molecule has 122 valence electrons. The summed E-state index contributed by atoms with van der Waals surface area (Å²) in [5.41, 5.74) is 6.85. The lowest BCUT2D eigenvalue weighted by atomic mass is 9.98. The summed E-state index contributed by atoms with van der Waals surface area (Å²) in [6.07, 6.45) is 0.950. The van der Waals surface area contributed by atoms with E-state index in [1.54, 1.807) is 19.2 Å². The molecule has 1 aromatic carbocycles. The molecule has 1 aromatic rings. The van der Waals surface area contributed by atoms with Gasteiger partial charge in [0, 0.05) is 19.0 Å². The molecular weight excluding hydrogens is 304 g/mol. The smallest absolute Gasteiger partial charge is 0.243 e. The van der Waals surface area contributed by atoms with Crippen molar-refractivity contribution >= 4 is 15.9 Å². The van der Waals surface area contributed by atoms with E-state index >= 15 is 0 Å². The number of primary amides is 1. The van der Waals surface area contributed by atoms with Gasteiger partial charge in [-0.3, -0.25) is 4.79 Å². The first-order valence-electron chi connectivity index (χ1n) is 7.22. The fourth-order valence-electron chi connectivity index (χ4n) is 2.91. The van der Waals surface area contributed by atoms with Gasteiger partial charge in [-0.15, -0.1) is 0 Å². The minimum atomic E-state index is -3.56. The number of rotatable bonds is 4. The zero-order chi connectivity index (χ0) is 16.5. The summed E-state index contributed by atoms with van der Waals surface area (Å²) in [6.45, 7) is 4.29. The van der Waals surface area contributed by atoms with Gasteiger partial charge < -0.3 is 10.5 Å². The van der Waals surface area contributed by atoms with E-state index < -0.39 is 10.0 Å². The summed E-state index contributed by atoms with van der Waals surface area (Å²) in [7, 11) is -1.99. The van der Waals surface area contributed by atoms with Crippen LogP contribution >= 0.6 is 0 Å². The van der Waals surface area contributed by atoms with Crippen LogP contribution in [0.25, 0.3) is 0 Å². The minimum absolute atomic E-state index is 0.231. The number of piperidine rings is 1. The molecule has 6 nitrogen and oxygen atoms in total. The van der Waals surface area contributed by atoms with E-state index in [1.165, 1.54) is 4.31 Å². The lowest BCUT2D eigenvalue weighted by molar-refractivity contribution is -0.122. The van der Waals surface area contributed by atoms with E-state index in [-0.39, 0.29) is 16.7 Å². The number of nitrogens with two attached hydrogens (primary N) is 1. The monoisotopic (exact) mass is 326 g/mol. The van der Waals surface area contributed by atoms with Gasteiger partial charge in [0.05, 0.1) is 12.0 Å². The molecule has 2 N–H and O–H groups in total. The number of carbonyl (C=O) groups is 1. The first-order chi connectivity index (χ1) is 10.3. The van der Waals surface area contributed by atoms with Crippen molar-refractivity contribution < 1.29 is 17.9 Å². The SMILES string of the molecule is COc1c(C)cc(S(=O)(=O)N2CCC(C(N)=O)CC2)cc1C. The second-order valence-corrected chi connectivity index (χ2v) is 7.61. The largest absolute Gasteiger partial charge is 0.496 e. The Morgan fingerprint density at radius 2 is 1.73 bits per heavy atom. The Hall–Kier alpha value is -1.60. The first kappa shape index (κ1) is 16.8. The van der Waals surface area contributed by atoms with Crippen LogP contribution in [-0.2, 0) is 14.8 Å². The maximum atomic E-state index is 12.7. The van der Waals surface area contributed by atoms with Crippen molar-refractivity contribution in [3.8, 4) is 5.75 Å². The summed E-state index contributed by atoms with van der Waals surface area (Å²) in [4.78, 5) is 11.4. The molecular formula is C15H22N2O4S. The Morgan fingerprint density at radius 3 is 2.14 bits per heavy atom. The van der Waals surface area contributed by atoms with Crippen molar-refractivity contribution in [1.29, 1.82) is 0 Å². The summed E-state index contributed by atoms with van der Waals surface area (Å²) in [5, 5.41) is 0. The van der Waals surface area contributed by atoms with Gasteiger partial charge in [-0.25, -0.2) is 8.42 Å². The zero-order valence-corrected chi connectivity index (χ0v) is 13.9. The predicted octanol–water partition coefficient (Wildman–Crippen LogP) is 1.20. The second-order valence-electron chi connectivity index (χ2n) is 5.67. The Kier molecular flexibility index (Phi) is 4.77. The van der Waals surface area contributed by atoms with Crippen LogP contribution in [-0.4, -0.2) is 38.8 Å². The highest BCUT2D eigenvalue weighted by Crippen LogP contribution is 2.29. The minimum Gasteiger partial charge on any atom is -0.496 e. The Morgan fingerprint density at radius 1 is 1.23 bits per heavy atom. The van der Waals surface area contributed by atoms with Gasteiger partial charge in [-0.2, -0.15) is 4.31 Å². The van der Waals surface area contributed by atoms with E-state index in [4.69, 9.17) is 10.5 Å². The van der Waals surface area contributed by atoms with Crippen LogP contribution in [0.2, 0.25) is 0 Å². The zero-order valence-electron chi connectivity index (χ0n) is 13.1. The number of carbonyl (C=O) groups excluding carboxylic acids is 1. The Bertz CT molecular complexity index is 654. The number of nitrogens with zero attached hydrogens (tertiary/aromatic N) is 1. The molecule has 2 rings (SSSR count). The maximum absolute atomic E-state index is 12.7. The van der Waals surface area contributed by atoms with E-state index in [0.717, 1.165) is 11.1 Å². The number of aryl methyl sites for hydroxylation is 2. The number of methoxy groups -OCH3 is 1. The van der Waals surface area contributed by atoms with Gasteiger partial charge in [0.1, 0.15) is 5.75 Å². The lowest BCUT2D eigenvalue weighted by Gasteiger charge is -2.30. The third-order valence-corrected chi connectivity index (χ3v) is 6.01. The molecule has 0 saturated carbocycles. The number of sulfonamides is 1. The quantitative estimate of drug-likeness (QED) is 0.900. The molecule has 1 aliphatic rings. The Balaban J connectivity index is 2.27. The molecule has 1 saturated heterocycles. The van der Waals surface area contributed by atoms with E-state index in [2.05, 4.69) is 0 Å². The standard InChI is InChI=1S/C15H22N2O4S/c1-10-8-13(9-11(2)14(10)21-3)22(19,20)17-6-4-12(5-7-17)15(16)18/h8-9,12H,4-7H2,1-3H3,(H2,16,18). The number of hydrogen-bond donors (Lipinski definition) is 1. The highest BCUT2D eigenvalue weighted by atomic mass is 32.2. The normalized spacial score (nSPS) is 17.4. The lowest BCUT2D eigenvalue weighted by Crippen LogP contribution is -2.41. The molecule has 0 unspecified atom stereocenters. The van der Waals surface area contributed by atoms with Gasteiger partial charge >= 0.3 is 0 Å². The molecule has 0 radical (unpaired) electrons. The topological polar surface area (TPSA) is 89.7 Å². The molecule has 1 fully saturated rings. The molecule has 0 bridgehead atoms. The van der Waals surface area contributed by atoms with Crippen LogP contribution in [0.3, 0.4) is 0 Å². The fourth-order valence-corrected chi connectivity index (χ4v) is 4.55. The molecule has 0 spiro atoms. The van der Waals surface area contributed by atoms with Crippen LogP contribution in [0.1, 0.15) is 24.0 Å². The number of amides is 1. The van der Waals surface area contributed by atoms with E-state index in [1.807, 2.05) is 13.8 Å². The van der Waals surface area contributed by atoms with Gasteiger partial charge in [0.15, 0.2) is 0 Å². The highest BCUT2D eigenvalue weighted by molar-refractivity contribution is 7.89. The van der Waals surface area contributed by atoms with Crippen molar-refractivity contribution in [2.24, 2.45) is 11.7 Å². The summed E-state index contributed by atoms with van der Waals surface area (Å²) in [6, 6.07) is 3.25. The summed E-state index contributed by atoms with van der Waals surface area (Å²) >= 11 is 0. The molecule has 22 heavy (non-hydrogen) atoms. The van der Waals surface area contributed by atoms with Crippen molar-refractivity contribution in [2.45, 2.75) is 31.6 Å². The predicted molar refractivity (Wildman–Crippen MR) is 83.1 cm³/mol. The molecule has 0 aromatic heterocycles. The van der Waals surface area contributed by atoms with Gasteiger partial charge in [-0.05, 0) is 49.9 Å². The van der Waals surface area contributed by atoms with Crippen LogP contribution in [0.15, 0.2) is 17.0 Å². The van der Waals surface area contributed by atoms with Crippen LogP contribution in [0.5, 0.6) is 5.75 Å². The molecule has 7 heteroatoms. The Labute approximate surface area is 131 Å². The van der Waals surface area contributed by atoms with Crippen LogP contribution in [0, 0.1) is 19.8 Å². The summed E-state index contributed by atoms with van der Waals surface area (Å²) < 4.78 is 32.2. The maximum Gasteiger partial charge on any atom is 0.243 e. The molecule has 0 aliphatic carbocycles. The third-order valence-electron chi connectivity index (χ3n) is 4.13. The van der Waals surface area contributed by atoms with Gasteiger partial charge in [-0.1, -0.05) is 0 Å². The molecule has 0 atom stereocenters. The van der Waals surface area contributed by atoms with Gasteiger partial charge in [0.25, 0.3) is 0 Å². The van der Waals surface area contributed by atoms with Crippen LogP contribution in [0.4, 0.5) is 0 Å². The highest BCUT2D eigenvalue weighted by Gasteiger charge is 2.31. The van der Waals surface area contributed by atoms with Crippen molar-refractivity contribution in [3.63, 3.8) is 0 Å².